The van der Waals surface area contributed by atoms with E-state index in [0.29, 0.717) is 12.0 Å². The first kappa shape index (κ1) is 23.5. The Morgan fingerprint density at radius 3 is 2.55 bits per heavy atom. The lowest BCUT2D eigenvalue weighted by atomic mass is 10.1. The molecule has 6 nitrogen and oxygen atoms in total. The van der Waals surface area contributed by atoms with Crippen molar-refractivity contribution in [3.05, 3.63) is 29.8 Å². The molecule has 0 bridgehead atoms. The molecule has 1 aromatic carbocycles. The fourth-order valence-corrected chi connectivity index (χ4v) is 3.07. The second-order valence-corrected chi connectivity index (χ2v) is 7.94. The maximum absolute atomic E-state index is 5.92. The molecular weight excluding hydrogens is 366 g/mol. The van der Waals surface area contributed by atoms with E-state index in [1.165, 1.54) is 5.56 Å². The summed E-state index contributed by atoms with van der Waals surface area (Å²) >= 11 is 0. The number of rotatable bonds is 11. The van der Waals surface area contributed by atoms with Gasteiger partial charge in [-0.1, -0.05) is 26.0 Å². The molecule has 1 unspecified atom stereocenters. The fourth-order valence-electron chi connectivity index (χ4n) is 3.07. The quantitative estimate of drug-likeness (QED) is 0.332. The van der Waals surface area contributed by atoms with Crippen molar-refractivity contribution in [3.8, 4) is 5.75 Å². The van der Waals surface area contributed by atoms with Gasteiger partial charge < -0.3 is 24.8 Å². The second-order valence-electron chi connectivity index (χ2n) is 7.94. The van der Waals surface area contributed by atoms with Crippen molar-refractivity contribution in [3.63, 3.8) is 0 Å². The normalized spacial score (nSPS) is 16.7. The van der Waals surface area contributed by atoms with Crippen molar-refractivity contribution in [1.82, 2.24) is 10.6 Å². The van der Waals surface area contributed by atoms with E-state index < -0.39 is 0 Å². The lowest BCUT2D eigenvalue weighted by Gasteiger charge is -2.22. The first-order chi connectivity index (χ1) is 14.1. The van der Waals surface area contributed by atoms with Crippen LogP contribution in [0.4, 0.5) is 0 Å². The SMILES string of the molecule is CCNC(=NCCCOC1CCOCC1)NC(C)c1ccc(OCC(C)C)cc1. The van der Waals surface area contributed by atoms with Crippen LogP contribution in [-0.2, 0) is 9.47 Å². The standard InChI is InChI=1S/C23H39N3O3/c1-5-24-23(25-13-6-14-28-22-11-15-27-16-12-22)26-19(4)20-7-9-21(10-8-20)29-17-18(2)3/h7-10,18-19,22H,5-6,11-17H2,1-4H3,(H2,24,25,26). The molecule has 0 aliphatic carbocycles. The number of ether oxygens (including phenoxy) is 3. The first-order valence-electron chi connectivity index (χ1n) is 11.1. The van der Waals surface area contributed by atoms with Crippen LogP contribution in [0.3, 0.4) is 0 Å². The van der Waals surface area contributed by atoms with Gasteiger partial charge in [-0.05, 0) is 56.7 Å². The van der Waals surface area contributed by atoms with Gasteiger partial charge >= 0.3 is 0 Å². The van der Waals surface area contributed by atoms with Gasteiger partial charge in [0.1, 0.15) is 5.75 Å². The molecule has 2 N–H and O–H groups in total. The summed E-state index contributed by atoms with van der Waals surface area (Å²) in [5, 5.41) is 6.81. The van der Waals surface area contributed by atoms with Gasteiger partial charge in [0.25, 0.3) is 0 Å². The number of hydrogen-bond acceptors (Lipinski definition) is 4. The van der Waals surface area contributed by atoms with Crippen LogP contribution in [0.25, 0.3) is 0 Å². The number of nitrogens with one attached hydrogen (secondary N) is 2. The lowest BCUT2D eigenvalue weighted by molar-refractivity contribution is -0.0318. The van der Waals surface area contributed by atoms with Crippen LogP contribution in [-0.4, -0.2) is 51.6 Å². The summed E-state index contributed by atoms with van der Waals surface area (Å²) in [6.45, 7) is 13.2. The molecule has 0 aromatic heterocycles. The van der Waals surface area contributed by atoms with E-state index in [2.05, 4.69) is 50.5 Å². The van der Waals surface area contributed by atoms with E-state index in [4.69, 9.17) is 19.2 Å². The smallest absolute Gasteiger partial charge is 0.191 e. The summed E-state index contributed by atoms with van der Waals surface area (Å²) < 4.78 is 17.0. The van der Waals surface area contributed by atoms with Crippen LogP contribution in [0.2, 0.25) is 0 Å². The molecule has 0 saturated carbocycles. The van der Waals surface area contributed by atoms with Crippen LogP contribution in [0.15, 0.2) is 29.3 Å². The molecule has 29 heavy (non-hydrogen) atoms. The van der Waals surface area contributed by atoms with Gasteiger partial charge in [-0.15, -0.1) is 0 Å². The van der Waals surface area contributed by atoms with E-state index >= 15 is 0 Å². The summed E-state index contributed by atoms with van der Waals surface area (Å²) in [5.74, 6) is 2.28. The van der Waals surface area contributed by atoms with Crippen LogP contribution >= 0.6 is 0 Å². The molecule has 1 atom stereocenters. The van der Waals surface area contributed by atoms with Crippen molar-refractivity contribution in [2.45, 2.75) is 59.1 Å². The Morgan fingerprint density at radius 1 is 1.17 bits per heavy atom. The monoisotopic (exact) mass is 405 g/mol. The molecule has 0 amide bonds. The average molecular weight is 406 g/mol. The van der Waals surface area contributed by atoms with Crippen LogP contribution in [0, 0.1) is 5.92 Å². The Hall–Kier alpha value is -1.79. The minimum absolute atomic E-state index is 0.158. The minimum Gasteiger partial charge on any atom is -0.493 e. The van der Waals surface area contributed by atoms with Crippen molar-refractivity contribution in [1.29, 1.82) is 0 Å². The largest absolute Gasteiger partial charge is 0.493 e. The van der Waals surface area contributed by atoms with Gasteiger partial charge in [-0.3, -0.25) is 4.99 Å². The molecular formula is C23H39N3O3. The molecule has 1 saturated heterocycles. The van der Waals surface area contributed by atoms with E-state index in [0.717, 1.165) is 70.5 Å². The van der Waals surface area contributed by atoms with Crippen molar-refractivity contribution < 1.29 is 14.2 Å². The molecule has 1 aliphatic heterocycles. The van der Waals surface area contributed by atoms with Crippen LogP contribution in [0.5, 0.6) is 5.75 Å². The lowest BCUT2D eigenvalue weighted by Crippen LogP contribution is -2.38. The molecule has 0 radical (unpaired) electrons. The van der Waals surface area contributed by atoms with Crippen molar-refractivity contribution >= 4 is 5.96 Å². The number of aliphatic imine (C=N–C) groups is 1. The predicted molar refractivity (Wildman–Crippen MR) is 119 cm³/mol. The van der Waals surface area contributed by atoms with Gasteiger partial charge in [0.05, 0.1) is 18.8 Å². The second kappa shape index (κ2) is 13.4. The van der Waals surface area contributed by atoms with Crippen LogP contribution in [0.1, 0.15) is 58.6 Å². The Labute approximate surface area is 176 Å². The summed E-state index contributed by atoms with van der Waals surface area (Å²) in [6.07, 6.45) is 3.29. The average Bonchev–Trinajstić information content (AvgIpc) is 2.73. The number of guanidine groups is 1. The molecule has 6 heteroatoms. The summed E-state index contributed by atoms with van der Waals surface area (Å²) in [4.78, 5) is 4.69. The van der Waals surface area contributed by atoms with Gasteiger partial charge in [0, 0.05) is 32.9 Å². The maximum atomic E-state index is 5.92. The summed E-state index contributed by atoms with van der Waals surface area (Å²) in [7, 11) is 0. The summed E-state index contributed by atoms with van der Waals surface area (Å²) in [6, 6.07) is 8.45. The summed E-state index contributed by atoms with van der Waals surface area (Å²) in [5.41, 5.74) is 1.20. The number of hydrogen-bond donors (Lipinski definition) is 2. The van der Waals surface area contributed by atoms with Gasteiger partial charge in [-0.25, -0.2) is 0 Å². The van der Waals surface area contributed by atoms with Crippen LogP contribution < -0.4 is 15.4 Å². The third-order valence-electron chi connectivity index (χ3n) is 4.76. The van der Waals surface area contributed by atoms with Gasteiger partial charge in [0.15, 0.2) is 5.96 Å². The Balaban J connectivity index is 1.76. The third kappa shape index (κ3) is 9.50. The highest BCUT2D eigenvalue weighted by molar-refractivity contribution is 5.80. The Morgan fingerprint density at radius 2 is 1.90 bits per heavy atom. The molecule has 1 aromatic rings. The van der Waals surface area contributed by atoms with E-state index in [-0.39, 0.29) is 6.04 Å². The van der Waals surface area contributed by atoms with Crippen molar-refractivity contribution in [2.75, 3.05) is 39.5 Å². The Bertz CT molecular complexity index is 584. The van der Waals surface area contributed by atoms with Gasteiger partial charge in [-0.2, -0.15) is 0 Å². The molecule has 1 fully saturated rings. The molecule has 2 rings (SSSR count). The van der Waals surface area contributed by atoms with E-state index in [9.17, 15) is 0 Å². The van der Waals surface area contributed by atoms with Gasteiger partial charge in [0.2, 0.25) is 0 Å². The first-order valence-corrected chi connectivity index (χ1v) is 11.1. The zero-order chi connectivity index (χ0) is 20.9. The maximum Gasteiger partial charge on any atom is 0.191 e. The molecule has 1 heterocycles. The zero-order valence-electron chi connectivity index (χ0n) is 18.6. The van der Waals surface area contributed by atoms with E-state index in [1.807, 2.05) is 12.1 Å². The van der Waals surface area contributed by atoms with Crippen molar-refractivity contribution in [2.24, 2.45) is 10.9 Å². The topological polar surface area (TPSA) is 64.1 Å². The third-order valence-corrected chi connectivity index (χ3v) is 4.76. The molecule has 164 valence electrons. The van der Waals surface area contributed by atoms with E-state index in [1.54, 1.807) is 0 Å². The highest BCUT2D eigenvalue weighted by Gasteiger charge is 2.13. The number of nitrogens with zero attached hydrogens (tertiary/aromatic N) is 1. The highest BCUT2D eigenvalue weighted by Crippen LogP contribution is 2.18. The molecule has 1 aliphatic rings. The fraction of sp³-hybridized carbons (Fsp3) is 0.696. The molecule has 0 spiro atoms. The predicted octanol–water partition coefficient (Wildman–Crippen LogP) is 3.92. The number of benzene rings is 1. The Kier molecular flexibility index (Phi) is 10.9. The minimum atomic E-state index is 0.158. The highest BCUT2D eigenvalue weighted by atomic mass is 16.5. The zero-order valence-corrected chi connectivity index (χ0v) is 18.6.